The van der Waals surface area contributed by atoms with Gasteiger partial charge < -0.3 is 9.47 Å². The third-order valence-corrected chi connectivity index (χ3v) is 4.02. The van der Waals surface area contributed by atoms with E-state index in [-0.39, 0.29) is 0 Å². The van der Waals surface area contributed by atoms with Crippen molar-refractivity contribution in [1.29, 1.82) is 0 Å². The Morgan fingerprint density at radius 1 is 1.11 bits per heavy atom. The maximum absolute atomic E-state index is 11.1. The summed E-state index contributed by atoms with van der Waals surface area (Å²) >= 11 is 0. The number of aldehydes is 1. The van der Waals surface area contributed by atoms with Crippen LogP contribution in [0.2, 0.25) is 0 Å². The summed E-state index contributed by atoms with van der Waals surface area (Å²) in [5.74, 6) is 0. The first kappa shape index (κ1) is 12.4. The number of aryl methyl sites for hydroxylation is 1. The molecule has 1 saturated heterocycles. The Bertz CT molecular complexity index is 567. The van der Waals surface area contributed by atoms with Crippen LogP contribution in [0.5, 0.6) is 0 Å². The molecule has 2 aromatic rings. The number of nitrogens with zero attached hydrogens (tertiary/aromatic N) is 2. The zero-order valence-corrected chi connectivity index (χ0v) is 11.2. The molecule has 0 spiro atoms. The van der Waals surface area contributed by atoms with Gasteiger partial charge in [-0.1, -0.05) is 12.1 Å². The lowest BCUT2D eigenvalue weighted by Crippen LogP contribution is -2.21. The number of benzene rings is 1. The van der Waals surface area contributed by atoms with Crippen LogP contribution in [0.1, 0.15) is 29.6 Å². The molecule has 100 valence electrons. The minimum absolute atomic E-state index is 0.795. The Balaban J connectivity index is 1.71. The Kier molecular flexibility index (Phi) is 3.65. The van der Waals surface area contributed by atoms with Crippen molar-refractivity contribution in [3.05, 3.63) is 36.0 Å². The van der Waals surface area contributed by atoms with Crippen molar-refractivity contribution in [1.82, 2.24) is 9.47 Å². The van der Waals surface area contributed by atoms with Gasteiger partial charge in [-0.15, -0.1) is 0 Å². The summed E-state index contributed by atoms with van der Waals surface area (Å²) in [5.41, 5.74) is 1.88. The molecular formula is C16H20N2O. The summed E-state index contributed by atoms with van der Waals surface area (Å²) in [6.07, 6.45) is 6.90. The van der Waals surface area contributed by atoms with Gasteiger partial charge in [0.15, 0.2) is 6.29 Å². The van der Waals surface area contributed by atoms with Gasteiger partial charge in [0.25, 0.3) is 0 Å². The highest BCUT2D eigenvalue weighted by Gasteiger charge is 2.11. The van der Waals surface area contributed by atoms with Crippen LogP contribution in [-0.2, 0) is 6.54 Å². The summed E-state index contributed by atoms with van der Waals surface area (Å²) in [5, 5.41) is 1.16. The van der Waals surface area contributed by atoms with Crippen LogP contribution >= 0.6 is 0 Å². The van der Waals surface area contributed by atoms with Gasteiger partial charge in [-0.05, 0) is 51.0 Å². The van der Waals surface area contributed by atoms with E-state index < -0.39 is 0 Å². The maximum Gasteiger partial charge on any atom is 0.152 e. The topological polar surface area (TPSA) is 25.2 Å². The van der Waals surface area contributed by atoms with Gasteiger partial charge >= 0.3 is 0 Å². The van der Waals surface area contributed by atoms with Crippen molar-refractivity contribution in [2.75, 3.05) is 19.6 Å². The second-order valence-electron chi connectivity index (χ2n) is 5.31. The zero-order chi connectivity index (χ0) is 13.1. The van der Waals surface area contributed by atoms with E-state index in [1.54, 1.807) is 0 Å². The number of hydrogen-bond acceptors (Lipinski definition) is 2. The van der Waals surface area contributed by atoms with Gasteiger partial charge in [0.2, 0.25) is 0 Å². The first-order chi connectivity index (χ1) is 9.38. The molecule has 1 aliphatic rings. The van der Waals surface area contributed by atoms with Gasteiger partial charge in [0, 0.05) is 23.7 Å². The van der Waals surface area contributed by atoms with E-state index in [9.17, 15) is 4.79 Å². The van der Waals surface area contributed by atoms with E-state index in [2.05, 4.69) is 27.8 Å². The first-order valence-corrected chi connectivity index (χ1v) is 7.14. The summed E-state index contributed by atoms with van der Waals surface area (Å²) in [6.45, 7) is 4.67. The lowest BCUT2D eigenvalue weighted by Gasteiger charge is -2.15. The molecule has 1 aromatic heterocycles. The molecule has 0 saturated carbocycles. The molecule has 0 radical (unpaired) electrons. The largest absolute Gasteiger partial charge is 0.347 e. The fourth-order valence-electron chi connectivity index (χ4n) is 3.04. The average Bonchev–Trinajstić information content (AvgIpc) is 3.08. The van der Waals surface area contributed by atoms with Crippen molar-refractivity contribution < 1.29 is 4.79 Å². The number of hydrogen-bond donors (Lipinski definition) is 0. The zero-order valence-electron chi connectivity index (χ0n) is 11.2. The average molecular weight is 256 g/mol. The summed E-state index contributed by atoms with van der Waals surface area (Å²) in [6, 6.07) is 8.00. The van der Waals surface area contributed by atoms with Crippen LogP contribution in [-0.4, -0.2) is 35.4 Å². The minimum Gasteiger partial charge on any atom is -0.347 e. The van der Waals surface area contributed by atoms with Crippen LogP contribution in [0.15, 0.2) is 30.5 Å². The van der Waals surface area contributed by atoms with Crippen LogP contribution in [0.4, 0.5) is 0 Å². The molecule has 0 bridgehead atoms. The lowest BCUT2D eigenvalue weighted by molar-refractivity contribution is 0.112. The monoisotopic (exact) mass is 256 g/mol. The molecule has 0 N–H and O–H groups in total. The molecule has 0 aliphatic carbocycles. The predicted molar refractivity (Wildman–Crippen MR) is 77.6 cm³/mol. The molecule has 0 atom stereocenters. The van der Waals surface area contributed by atoms with Gasteiger partial charge in [-0.3, -0.25) is 4.79 Å². The Morgan fingerprint density at radius 3 is 2.74 bits per heavy atom. The molecule has 19 heavy (non-hydrogen) atoms. The third-order valence-electron chi connectivity index (χ3n) is 4.02. The van der Waals surface area contributed by atoms with Gasteiger partial charge in [0.05, 0.1) is 5.52 Å². The van der Waals surface area contributed by atoms with Crippen molar-refractivity contribution in [2.45, 2.75) is 25.8 Å². The van der Waals surface area contributed by atoms with Crippen LogP contribution in [0.3, 0.4) is 0 Å². The lowest BCUT2D eigenvalue weighted by atomic mass is 10.1. The standard InChI is InChI=1S/C16H20N2O/c19-13-15-6-3-5-14-7-12-18(16(14)15)11-4-10-17-8-1-2-9-17/h3,5-7,12-13H,1-2,4,8-11H2. The molecule has 3 rings (SSSR count). The molecule has 1 aromatic carbocycles. The van der Waals surface area contributed by atoms with E-state index in [1.165, 1.54) is 32.5 Å². The fourth-order valence-corrected chi connectivity index (χ4v) is 3.04. The molecule has 0 unspecified atom stereocenters. The Morgan fingerprint density at radius 2 is 1.95 bits per heavy atom. The highest BCUT2D eigenvalue weighted by atomic mass is 16.1. The molecule has 3 nitrogen and oxygen atoms in total. The molecule has 3 heteroatoms. The summed E-state index contributed by atoms with van der Waals surface area (Å²) in [4.78, 5) is 13.7. The Hall–Kier alpha value is -1.61. The molecular weight excluding hydrogens is 236 g/mol. The Labute approximate surface area is 113 Å². The molecule has 0 amide bonds. The number of likely N-dealkylation sites (tertiary alicyclic amines) is 1. The van der Waals surface area contributed by atoms with E-state index >= 15 is 0 Å². The van der Waals surface area contributed by atoms with Gasteiger partial charge in [0.1, 0.15) is 0 Å². The number of rotatable bonds is 5. The third kappa shape index (κ3) is 2.56. The van der Waals surface area contributed by atoms with Crippen molar-refractivity contribution in [2.24, 2.45) is 0 Å². The fraction of sp³-hybridized carbons (Fsp3) is 0.438. The van der Waals surface area contributed by atoms with E-state index in [0.29, 0.717) is 0 Å². The van der Waals surface area contributed by atoms with E-state index in [1.807, 2.05) is 12.1 Å². The number of aromatic nitrogens is 1. The predicted octanol–water partition coefficient (Wildman–Crippen LogP) is 2.94. The highest BCUT2D eigenvalue weighted by Crippen LogP contribution is 2.19. The van der Waals surface area contributed by atoms with Gasteiger partial charge in [-0.2, -0.15) is 0 Å². The van der Waals surface area contributed by atoms with Crippen molar-refractivity contribution in [3.63, 3.8) is 0 Å². The van der Waals surface area contributed by atoms with Crippen LogP contribution in [0.25, 0.3) is 10.9 Å². The minimum atomic E-state index is 0.795. The summed E-state index contributed by atoms with van der Waals surface area (Å²) < 4.78 is 2.22. The van der Waals surface area contributed by atoms with Gasteiger partial charge in [-0.25, -0.2) is 0 Å². The normalized spacial score (nSPS) is 16.2. The summed E-state index contributed by atoms with van der Waals surface area (Å²) in [7, 11) is 0. The first-order valence-electron chi connectivity index (χ1n) is 7.14. The number of fused-ring (bicyclic) bond motifs is 1. The van der Waals surface area contributed by atoms with Crippen molar-refractivity contribution in [3.8, 4) is 0 Å². The van der Waals surface area contributed by atoms with E-state index in [0.717, 1.165) is 35.7 Å². The second kappa shape index (κ2) is 5.57. The van der Waals surface area contributed by atoms with Crippen molar-refractivity contribution >= 4 is 17.2 Å². The maximum atomic E-state index is 11.1. The van der Waals surface area contributed by atoms with Crippen LogP contribution in [0, 0.1) is 0 Å². The quantitative estimate of drug-likeness (QED) is 0.768. The molecule has 1 fully saturated rings. The SMILES string of the molecule is O=Cc1cccc2ccn(CCCN3CCCC3)c12. The number of carbonyl (C=O) groups is 1. The number of carbonyl (C=O) groups excluding carboxylic acids is 1. The highest BCUT2D eigenvalue weighted by molar-refractivity contribution is 5.96. The smallest absolute Gasteiger partial charge is 0.152 e. The van der Waals surface area contributed by atoms with Crippen LogP contribution < -0.4 is 0 Å². The number of para-hydroxylation sites is 1. The molecule has 1 aliphatic heterocycles. The van der Waals surface area contributed by atoms with E-state index in [4.69, 9.17) is 0 Å². The second-order valence-corrected chi connectivity index (χ2v) is 5.31. The molecule has 2 heterocycles.